The SMILES string of the molecule is CC.[2H]C1c2[nH]c3ccccc3c2C2(CC2)CN1C(C)=O. The summed E-state index contributed by atoms with van der Waals surface area (Å²) in [5.41, 5.74) is 3.40. The lowest BCUT2D eigenvalue weighted by Gasteiger charge is -2.32. The normalized spacial score (nSPS) is 22.9. The van der Waals surface area contributed by atoms with Crippen molar-refractivity contribution in [3.05, 3.63) is 35.5 Å². The van der Waals surface area contributed by atoms with Crippen LogP contribution in [0.2, 0.25) is 0 Å². The van der Waals surface area contributed by atoms with E-state index in [0.717, 1.165) is 24.1 Å². The van der Waals surface area contributed by atoms with Crippen LogP contribution in [0.15, 0.2) is 24.3 Å². The zero-order valence-electron chi connectivity index (χ0n) is 13.4. The monoisotopic (exact) mass is 271 g/mol. The number of carbonyl (C=O) groups is 1. The molecule has 1 N–H and O–H groups in total. The van der Waals surface area contributed by atoms with Gasteiger partial charge in [0.15, 0.2) is 0 Å². The summed E-state index contributed by atoms with van der Waals surface area (Å²) in [7, 11) is 0. The van der Waals surface area contributed by atoms with Crippen LogP contribution in [0.3, 0.4) is 0 Å². The molecule has 2 heterocycles. The number of para-hydroxylation sites is 1. The second-order valence-corrected chi connectivity index (χ2v) is 5.52. The molecule has 2 aliphatic rings. The quantitative estimate of drug-likeness (QED) is 0.781. The van der Waals surface area contributed by atoms with Crippen molar-refractivity contribution < 1.29 is 6.17 Å². The van der Waals surface area contributed by atoms with Crippen molar-refractivity contribution in [3.8, 4) is 0 Å². The van der Waals surface area contributed by atoms with Crippen LogP contribution in [0.5, 0.6) is 0 Å². The van der Waals surface area contributed by atoms with E-state index in [-0.39, 0.29) is 11.3 Å². The van der Waals surface area contributed by atoms with E-state index in [0.29, 0.717) is 6.54 Å². The van der Waals surface area contributed by atoms with Gasteiger partial charge in [-0.1, -0.05) is 32.0 Å². The maximum atomic E-state index is 11.7. The van der Waals surface area contributed by atoms with Crippen molar-refractivity contribution in [1.29, 1.82) is 0 Å². The number of H-pyrrole nitrogens is 1. The van der Waals surface area contributed by atoms with E-state index in [1.165, 1.54) is 10.9 Å². The number of aromatic nitrogens is 1. The van der Waals surface area contributed by atoms with Gasteiger partial charge in [-0.25, -0.2) is 0 Å². The molecule has 0 bridgehead atoms. The molecule has 1 aromatic heterocycles. The van der Waals surface area contributed by atoms with E-state index in [2.05, 4.69) is 17.1 Å². The largest absolute Gasteiger partial charge is 0.357 e. The number of aromatic amines is 1. The van der Waals surface area contributed by atoms with Gasteiger partial charge in [0, 0.05) is 35.5 Å². The summed E-state index contributed by atoms with van der Waals surface area (Å²) >= 11 is 0. The van der Waals surface area contributed by atoms with Crippen LogP contribution in [0.25, 0.3) is 10.9 Å². The van der Waals surface area contributed by atoms with Crippen LogP contribution in [0.1, 0.15) is 46.2 Å². The number of fused-ring (bicyclic) bond motifs is 4. The van der Waals surface area contributed by atoms with Crippen LogP contribution >= 0.6 is 0 Å². The number of benzene rings is 1. The van der Waals surface area contributed by atoms with Crippen LogP contribution in [-0.2, 0) is 16.7 Å². The molecule has 1 aliphatic carbocycles. The summed E-state index contributed by atoms with van der Waals surface area (Å²) in [5, 5.41) is 1.23. The number of hydrogen-bond donors (Lipinski definition) is 1. The molecule has 0 saturated heterocycles. The Balaban J connectivity index is 0.000000636. The van der Waals surface area contributed by atoms with Gasteiger partial charge in [-0.05, 0) is 24.5 Å². The Bertz CT molecular complexity index is 687. The first-order valence-electron chi connectivity index (χ1n) is 8.01. The minimum absolute atomic E-state index is 0.00409. The first kappa shape index (κ1) is 12.0. The molecule has 4 rings (SSSR count). The number of nitrogens with zero attached hydrogens (tertiary/aromatic N) is 1. The molecular formula is C17H22N2O. The van der Waals surface area contributed by atoms with Crippen molar-refractivity contribution in [3.63, 3.8) is 0 Å². The third kappa shape index (κ3) is 1.84. The van der Waals surface area contributed by atoms with Gasteiger partial charge in [0.2, 0.25) is 5.91 Å². The van der Waals surface area contributed by atoms with Gasteiger partial charge in [0.05, 0.1) is 7.89 Å². The Kier molecular flexibility index (Phi) is 2.79. The fourth-order valence-corrected chi connectivity index (χ4v) is 3.20. The van der Waals surface area contributed by atoms with Gasteiger partial charge >= 0.3 is 0 Å². The zero-order valence-corrected chi connectivity index (χ0v) is 12.4. The number of hydrogen-bond acceptors (Lipinski definition) is 1. The van der Waals surface area contributed by atoms with Gasteiger partial charge in [-0.2, -0.15) is 0 Å². The summed E-state index contributed by atoms with van der Waals surface area (Å²) in [6, 6.07) is 8.23. The summed E-state index contributed by atoms with van der Waals surface area (Å²) in [6.45, 7) is 5.67. The summed E-state index contributed by atoms with van der Waals surface area (Å²) < 4.78 is 8.35. The molecule has 0 radical (unpaired) electrons. The lowest BCUT2D eigenvalue weighted by Crippen LogP contribution is -2.40. The van der Waals surface area contributed by atoms with Crippen molar-refractivity contribution in [2.24, 2.45) is 0 Å². The molecule has 1 amide bonds. The van der Waals surface area contributed by atoms with Crippen LogP contribution < -0.4 is 0 Å². The minimum Gasteiger partial charge on any atom is -0.357 e. The number of amides is 1. The Hall–Kier alpha value is -1.77. The minimum atomic E-state index is -0.592. The van der Waals surface area contributed by atoms with E-state index in [4.69, 9.17) is 1.37 Å². The number of carbonyl (C=O) groups excluding carboxylic acids is 1. The molecule has 20 heavy (non-hydrogen) atoms. The summed E-state index contributed by atoms with van der Waals surface area (Å²) in [6.07, 6.45) is 2.25. The Morgan fingerprint density at radius 3 is 2.70 bits per heavy atom. The lowest BCUT2D eigenvalue weighted by molar-refractivity contribution is -0.130. The van der Waals surface area contributed by atoms with Crippen molar-refractivity contribution in [1.82, 2.24) is 9.88 Å². The first-order chi connectivity index (χ1) is 10.1. The van der Waals surface area contributed by atoms with Crippen LogP contribution in [-0.4, -0.2) is 22.3 Å². The second kappa shape index (κ2) is 4.65. The topological polar surface area (TPSA) is 36.1 Å². The van der Waals surface area contributed by atoms with Crippen molar-refractivity contribution >= 4 is 16.8 Å². The van der Waals surface area contributed by atoms with Gasteiger partial charge < -0.3 is 9.88 Å². The Morgan fingerprint density at radius 2 is 2.05 bits per heavy atom. The predicted octanol–water partition coefficient (Wildman–Crippen LogP) is 3.59. The van der Waals surface area contributed by atoms with Gasteiger partial charge in [-0.3, -0.25) is 4.79 Å². The first-order valence-corrected chi connectivity index (χ1v) is 7.43. The van der Waals surface area contributed by atoms with Crippen molar-refractivity contribution in [2.45, 2.75) is 45.5 Å². The highest BCUT2D eigenvalue weighted by molar-refractivity contribution is 5.87. The molecule has 106 valence electrons. The molecular weight excluding hydrogens is 248 g/mol. The highest BCUT2D eigenvalue weighted by atomic mass is 16.2. The average Bonchev–Trinajstić information content (AvgIpc) is 3.15. The maximum Gasteiger partial charge on any atom is 0.219 e. The predicted molar refractivity (Wildman–Crippen MR) is 81.6 cm³/mol. The fraction of sp³-hybridized carbons (Fsp3) is 0.471. The van der Waals surface area contributed by atoms with E-state index in [1.54, 1.807) is 11.8 Å². The second-order valence-electron chi connectivity index (χ2n) is 5.52. The third-order valence-corrected chi connectivity index (χ3v) is 4.28. The molecule has 1 atom stereocenters. The zero-order chi connectivity index (χ0) is 15.2. The Morgan fingerprint density at radius 1 is 1.35 bits per heavy atom. The van der Waals surface area contributed by atoms with E-state index in [9.17, 15) is 4.79 Å². The standard InChI is InChI=1S/C15H16N2O.C2H6/c1-10(18)17-8-13-14(15(9-17)6-7-15)11-4-2-3-5-12(11)16-13;1-2/h2-5,16H,6-9H2,1H3;1-2H3/i8D;. The van der Waals surface area contributed by atoms with E-state index >= 15 is 0 Å². The maximum absolute atomic E-state index is 11.7. The number of rotatable bonds is 0. The molecule has 1 spiro atoms. The van der Waals surface area contributed by atoms with E-state index < -0.39 is 6.52 Å². The van der Waals surface area contributed by atoms with Crippen LogP contribution in [0.4, 0.5) is 0 Å². The Labute approximate surface area is 121 Å². The summed E-state index contributed by atoms with van der Waals surface area (Å²) in [5.74, 6) is -0.00409. The molecule has 1 saturated carbocycles. The lowest BCUT2D eigenvalue weighted by atomic mass is 9.89. The molecule has 3 nitrogen and oxygen atoms in total. The van der Waals surface area contributed by atoms with Gasteiger partial charge in [0.25, 0.3) is 0 Å². The average molecular weight is 271 g/mol. The summed E-state index contributed by atoms with van der Waals surface area (Å²) in [4.78, 5) is 16.8. The molecule has 1 fully saturated rings. The highest BCUT2D eigenvalue weighted by Gasteiger charge is 2.51. The molecule has 2 aromatic rings. The molecule has 1 aliphatic heterocycles. The van der Waals surface area contributed by atoms with E-state index in [1.807, 2.05) is 26.0 Å². The third-order valence-electron chi connectivity index (χ3n) is 4.28. The van der Waals surface area contributed by atoms with Crippen LogP contribution in [0, 0.1) is 0 Å². The molecule has 3 heteroatoms. The fourth-order valence-electron chi connectivity index (χ4n) is 3.20. The van der Waals surface area contributed by atoms with Gasteiger partial charge in [-0.15, -0.1) is 0 Å². The van der Waals surface area contributed by atoms with Gasteiger partial charge in [0.1, 0.15) is 0 Å². The molecule has 1 unspecified atom stereocenters. The molecule has 1 aromatic carbocycles. The smallest absolute Gasteiger partial charge is 0.219 e. The number of nitrogens with one attached hydrogen (secondary N) is 1. The highest BCUT2D eigenvalue weighted by Crippen LogP contribution is 2.54. The van der Waals surface area contributed by atoms with Crippen molar-refractivity contribution in [2.75, 3.05) is 6.54 Å².